The van der Waals surface area contributed by atoms with E-state index < -0.39 is 0 Å². The lowest BCUT2D eigenvalue weighted by Gasteiger charge is -2.38. The number of hydrogen-bond donors (Lipinski definition) is 1. The van der Waals surface area contributed by atoms with Gasteiger partial charge in [-0.3, -0.25) is 0 Å². The highest BCUT2D eigenvalue weighted by molar-refractivity contribution is 9.10. The van der Waals surface area contributed by atoms with Crippen molar-refractivity contribution in [1.29, 1.82) is 0 Å². The summed E-state index contributed by atoms with van der Waals surface area (Å²) >= 11 is 3.50. The van der Waals surface area contributed by atoms with E-state index in [1.807, 2.05) is 0 Å². The molecule has 1 nitrogen and oxygen atoms in total. The second kappa shape index (κ2) is 6.33. The summed E-state index contributed by atoms with van der Waals surface area (Å²) in [6.45, 7) is 4.47. The van der Waals surface area contributed by atoms with Crippen LogP contribution >= 0.6 is 15.9 Å². The molecule has 0 spiro atoms. The van der Waals surface area contributed by atoms with Gasteiger partial charge in [-0.05, 0) is 61.4 Å². The fourth-order valence-electron chi connectivity index (χ4n) is 3.28. The van der Waals surface area contributed by atoms with Gasteiger partial charge in [-0.2, -0.15) is 0 Å². The highest BCUT2D eigenvalue weighted by Crippen LogP contribution is 2.38. The zero-order chi connectivity index (χ0) is 14.8. The van der Waals surface area contributed by atoms with E-state index >= 15 is 0 Å². The summed E-state index contributed by atoms with van der Waals surface area (Å²) in [5.74, 6) is 0.722. The van der Waals surface area contributed by atoms with Crippen LogP contribution in [-0.4, -0.2) is 6.04 Å². The van der Waals surface area contributed by atoms with Crippen molar-refractivity contribution < 1.29 is 0 Å². The van der Waals surface area contributed by atoms with Crippen LogP contribution < -0.4 is 5.32 Å². The summed E-state index contributed by atoms with van der Waals surface area (Å²) in [5, 5.41) is 3.78. The van der Waals surface area contributed by atoms with Crippen LogP contribution in [0.1, 0.15) is 48.4 Å². The van der Waals surface area contributed by atoms with E-state index in [4.69, 9.17) is 0 Å². The predicted octanol–water partition coefficient (Wildman–Crippen LogP) is 5.35. The van der Waals surface area contributed by atoms with Gasteiger partial charge in [0.25, 0.3) is 0 Å². The minimum Gasteiger partial charge on any atom is -0.307 e. The largest absolute Gasteiger partial charge is 0.307 e. The van der Waals surface area contributed by atoms with Gasteiger partial charge in [-0.25, -0.2) is 0 Å². The molecule has 1 N–H and O–H groups in total. The highest BCUT2D eigenvalue weighted by atomic mass is 79.9. The molecule has 2 aromatic carbocycles. The number of halogens is 1. The first-order valence-electron chi connectivity index (χ1n) is 7.70. The molecular formula is C19H22BrN. The van der Waals surface area contributed by atoms with Crippen LogP contribution in [0.2, 0.25) is 0 Å². The maximum absolute atomic E-state index is 3.78. The molecule has 0 aromatic heterocycles. The Morgan fingerprint density at radius 2 is 1.71 bits per heavy atom. The first kappa shape index (κ1) is 14.8. The molecule has 1 aliphatic rings. The molecule has 0 radical (unpaired) electrons. The van der Waals surface area contributed by atoms with Crippen molar-refractivity contribution in [2.24, 2.45) is 0 Å². The molecule has 21 heavy (non-hydrogen) atoms. The van der Waals surface area contributed by atoms with E-state index in [-0.39, 0.29) is 0 Å². The fraction of sp³-hybridized carbons (Fsp3) is 0.368. The molecule has 0 aliphatic heterocycles. The van der Waals surface area contributed by atoms with Crippen molar-refractivity contribution in [2.45, 2.75) is 44.7 Å². The standard InChI is InChI=1S/C19H22BrN/c1-13-5-3-4-6-19(13)14(2)21-18-11-16(12-18)15-7-9-17(20)10-8-15/h3-10,14,16,18,21H,11-12H2,1-2H3/t14-,16?,18?/m1/s1. The number of benzene rings is 2. The maximum Gasteiger partial charge on any atom is 0.0296 e. The molecule has 2 heteroatoms. The Morgan fingerprint density at radius 1 is 1.05 bits per heavy atom. The second-order valence-electron chi connectivity index (χ2n) is 6.16. The molecule has 1 fully saturated rings. The van der Waals surface area contributed by atoms with E-state index in [1.54, 1.807) is 0 Å². The van der Waals surface area contributed by atoms with Crippen LogP contribution in [0.5, 0.6) is 0 Å². The molecule has 110 valence electrons. The Bertz CT molecular complexity index is 599. The lowest BCUT2D eigenvalue weighted by molar-refractivity contribution is 0.270. The zero-order valence-corrected chi connectivity index (χ0v) is 14.2. The smallest absolute Gasteiger partial charge is 0.0296 e. The lowest BCUT2D eigenvalue weighted by atomic mass is 9.75. The van der Waals surface area contributed by atoms with Gasteiger partial charge < -0.3 is 5.32 Å². The van der Waals surface area contributed by atoms with Crippen LogP contribution in [0.3, 0.4) is 0 Å². The first-order chi connectivity index (χ1) is 10.1. The third-order valence-electron chi connectivity index (χ3n) is 4.62. The van der Waals surface area contributed by atoms with Crippen molar-refractivity contribution in [3.63, 3.8) is 0 Å². The molecule has 0 saturated heterocycles. The number of rotatable bonds is 4. The third-order valence-corrected chi connectivity index (χ3v) is 5.15. The third kappa shape index (κ3) is 3.38. The Hall–Kier alpha value is -1.12. The topological polar surface area (TPSA) is 12.0 Å². The molecule has 0 bridgehead atoms. The number of aryl methyl sites for hydroxylation is 1. The van der Waals surface area contributed by atoms with E-state index in [0.29, 0.717) is 12.1 Å². The Balaban J connectivity index is 1.55. The maximum atomic E-state index is 3.78. The van der Waals surface area contributed by atoms with Crippen molar-refractivity contribution >= 4 is 15.9 Å². The van der Waals surface area contributed by atoms with Gasteiger partial charge in [-0.15, -0.1) is 0 Å². The number of nitrogens with one attached hydrogen (secondary N) is 1. The molecule has 0 amide bonds. The first-order valence-corrected chi connectivity index (χ1v) is 8.50. The summed E-state index contributed by atoms with van der Waals surface area (Å²) in [7, 11) is 0. The molecular weight excluding hydrogens is 322 g/mol. The monoisotopic (exact) mass is 343 g/mol. The summed E-state index contributed by atoms with van der Waals surface area (Å²) in [5.41, 5.74) is 4.27. The van der Waals surface area contributed by atoms with Gasteiger partial charge in [-0.1, -0.05) is 52.3 Å². The summed E-state index contributed by atoms with van der Waals surface area (Å²) in [4.78, 5) is 0. The Kier molecular flexibility index (Phi) is 4.46. The quantitative estimate of drug-likeness (QED) is 0.788. The van der Waals surface area contributed by atoms with Gasteiger partial charge in [0.05, 0.1) is 0 Å². The Morgan fingerprint density at radius 3 is 2.38 bits per heavy atom. The molecule has 3 rings (SSSR count). The second-order valence-corrected chi connectivity index (χ2v) is 7.08. The van der Waals surface area contributed by atoms with Crippen molar-refractivity contribution in [2.75, 3.05) is 0 Å². The molecule has 1 aliphatic carbocycles. The van der Waals surface area contributed by atoms with Crippen molar-refractivity contribution in [1.82, 2.24) is 5.32 Å². The highest BCUT2D eigenvalue weighted by Gasteiger charge is 2.31. The van der Waals surface area contributed by atoms with E-state index in [2.05, 4.69) is 83.6 Å². The number of hydrogen-bond acceptors (Lipinski definition) is 1. The zero-order valence-electron chi connectivity index (χ0n) is 12.6. The molecule has 0 heterocycles. The Labute approximate surface area is 135 Å². The summed E-state index contributed by atoms with van der Waals surface area (Å²) < 4.78 is 1.16. The van der Waals surface area contributed by atoms with E-state index in [1.165, 1.54) is 29.5 Å². The van der Waals surface area contributed by atoms with Gasteiger partial charge in [0.15, 0.2) is 0 Å². The fourth-order valence-corrected chi connectivity index (χ4v) is 3.54. The molecule has 1 atom stereocenters. The van der Waals surface area contributed by atoms with Crippen LogP contribution in [0.4, 0.5) is 0 Å². The molecule has 0 unspecified atom stereocenters. The van der Waals surface area contributed by atoms with Gasteiger partial charge >= 0.3 is 0 Å². The SMILES string of the molecule is Cc1ccccc1[C@@H](C)NC1CC(c2ccc(Br)cc2)C1. The normalized spacial score (nSPS) is 22.6. The van der Waals surface area contributed by atoms with Gasteiger partial charge in [0.1, 0.15) is 0 Å². The van der Waals surface area contributed by atoms with Gasteiger partial charge in [0, 0.05) is 16.6 Å². The average molecular weight is 344 g/mol. The van der Waals surface area contributed by atoms with Crippen LogP contribution in [0, 0.1) is 6.92 Å². The van der Waals surface area contributed by atoms with Gasteiger partial charge in [0.2, 0.25) is 0 Å². The predicted molar refractivity (Wildman–Crippen MR) is 92.6 cm³/mol. The average Bonchev–Trinajstić information content (AvgIpc) is 2.44. The van der Waals surface area contributed by atoms with Crippen LogP contribution in [-0.2, 0) is 0 Å². The summed E-state index contributed by atoms with van der Waals surface area (Å²) in [6, 6.07) is 18.5. The molecule has 1 saturated carbocycles. The van der Waals surface area contributed by atoms with Crippen LogP contribution in [0.25, 0.3) is 0 Å². The van der Waals surface area contributed by atoms with E-state index in [0.717, 1.165) is 10.4 Å². The summed E-state index contributed by atoms with van der Waals surface area (Å²) in [6.07, 6.45) is 2.50. The molecule has 2 aromatic rings. The van der Waals surface area contributed by atoms with Crippen molar-refractivity contribution in [3.05, 3.63) is 69.7 Å². The van der Waals surface area contributed by atoms with Crippen molar-refractivity contribution in [3.8, 4) is 0 Å². The van der Waals surface area contributed by atoms with E-state index in [9.17, 15) is 0 Å². The minimum absolute atomic E-state index is 0.432. The minimum atomic E-state index is 0.432. The van der Waals surface area contributed by atoms with Crippen LogP contribution in [0.15, 0.2) is 53.0 Å². The lowest BCUT2D eigenvalue weighted by Crippen LogP contribution is -2.41.